The molecule has 146 valence electrons. The lowest BCUT2D eigenvalue weighted by Gasteiger charge is -2.08. The summed E-state index contributed by atoms with van der Waals surface area (Å²) in [6, 6.07) is 18.8. The average Bonchev–Trinajstić information content (AvgIpc) is 2.74. The fourth-order valence-corrected chi connectivity index (χ4v) is 3.53. The Balaban J connectivity index is 1.64. The van der Waals surface area contributed by atoms with Gasteiger partial charge in [-0.1, -0.05) is 6.07 Å². The Morgan fingerprint density at radius 1 is 1.14 bits per heavy atom. The van der Waals surface area contributed by atoms with Crippen LogP contribution >= 0.6 is 11.8 Å². The molecule has 2 heterocycles. The van der Waals surface area contributed by atoms with Crippen LogP contribution in [0.2, 0.25) is 0 Å². The third kappa shape index (κ3) is 5.56. The number of nitrogens with one attached hydrogen (secondary N) is 1. The van der Waals surface area contributed by atoms with Crippen LogP contribution in [0.4, 0.5) is 5.82 Å². The molecule has 3 aromatic rings. The molecular formula is C22H20N4O2S. The van der Waals surface area contributed by atoms with Gasteiger partial charge in [-0.3, -0.25) is 4.79 Å². The smallest absolute Gasteiger partial charge is 0.226 e. The van der Waals surface area contributed by atoms with Crippen LogP contribution in [0.5, 0.6) is 5.75 Å². The Bertz CT molecular complexity index is 1050. The van der Waals surface area contributed by atoms with Crippen LogP contribution < -0.4 is 10.1 Å². The van der Waals surface area contributed by atoms with Crippen molar-refractivity contribution in [2.45, 2.75) is 18.4 Å². The molecule has 0 radical (unpaired) electrons. The van der Waals surface area contributed by atoms with Crippen LogP contribution in [0.3, 0.4) is 0 Å². The zero-order chi connectivity index (χ0) is 20.6. The van der Waals surface area contributed by atoms with Gasteiger partial charge in [0.25, 0.3) is 0 Å². The number of rotatable bonds is 7. The highest BCUT2D eigenvalue weighted by molar-refractivity contribution is 7.99. The van der Waals surface area contributed by atoms with Crippen LogP contribution in [0.15, 0.2) is 59.6 Å². The number of benzene rings is 1. The number of amides is 1. The van der Waals surface area contributed by atoms with Gasteiger partial charge in [0.15, 0.2) is 0 Å². The van der Waals surface area contributed by atoms with Gasteiger partial charge in [0.05, 0.1) is 18.4 Å². The van der Waals surface area contributed by atoms with E-state index in [-0.39, 0.29) is 5.91 Å². The zero-order valence-electron chi connectivity index (χ0n) is 16.2. The number of carbonyl (C=O) groups is 1. The summed E-state index contributed by atoms with van der Waals surface area (Å²) in [5.41, 5.74) is 3.03. The molecule has 3 rings (SSSR count). The molecule has 6 nitrogen and oxygen atoms in total. The van der Waals surface area contributed by atoms with Gasteiger partial charge < -0.3 is 10.1 Å². The van der Waals surface area contributed by atoms with E-state index in [1.165, 1.54) is 11.8 Å². The first-order valence-corrected chi connectivity index (χ1v) is 9.99. The van der Waals surface area contributed by atoms with Crippen molar-refractivity contribution in [3.8, 4) is 23.1 Å². The second kappa shape index (κ2) is 9.71. The fourth-order valence-electron chi connectivity index (χ4n) is 2.62. The number of hydrogen-bond donors (Lipinski definition) is 1. The maximum Gasteiger partial charge on any atom is 0.226 e. The maximum atomic E-state index is 12.2. The van der Waals surface area contributed by atoms with Crippen LogP contribution in [0.1, 0.15) is 17.7 Å². The Labute approximate surface area is 174 Å². The molecule has 29 heavy (non-hydrogen) atoms. The molecule has 0 saturated heterocycles. The Hall–Kier alpha value is -3.37. The lowest BCUT2D eigenvalue weighted by molar-refractivity contribution is -0.115. The normalized spacial score (nSPS) is 10.2. The van der Waals surface area contributed by atoms with Gasteiger partial charge in [0, 0.05) is 23.4 Å². The number of pyridine rings is 2. The monoisotopic (exact) mass is 404 g/mol. The summed E-state index contributed by atoms with van der Waals surface area (Å²) in [6.45, 7) is 1.87. The van der Waals surface area contributed by atoms with E-state index in [1.807, 2.05) is 49.4 Å². The van der Waals surface area contributed by atoms with Gasteiger partial charge in [0.2, 0.25) is 5.91 Å². The van der Waals surface area contributed by atoms with Crippen LogP contribution in [-0.2, 0) is 4.79 Å². The van der Waals surface area contributed by atoms with Gasteiger partial charge >= 0.3 is 0 Å². The number of nitriles is 1. The molecule has 0 bridgehead atoms. The van der Waals surface area contributed by atoms with E-state index in [0.29, 0.717) is 28.6 Å². The molecular weight excluding hydrogens is 384 g/mol. The quantitative estimate of drug-likeness (QED) is 0.585. The van der Waals surface area contributed by atoms with Crippen molar-refractivity contribution < 1.29 is 9.53 Å². The fraction of sp³-hybridized carbons (Fsp3) is 0.182. The molecule has 0 spiro atoms. The Morgan fingerprint density at radius 2 is 1.93 bits per heavy atom. The summed E-state index contributed by atoms with van der Waals surface area (Å²) in [7, 11) is 1.62. The number of nitrogens with zero attached hydrogens (tertiary/aromatic N) is 3. The van der Waals surface area contributed by atoms with Crippen molar-refractivity contribution in [3.63, 3.8) is 0 Å². The summed E-state index contributed by atoms with van der Waals surface area (Å²) in [4.78, 5) is 21.0. The molecule has 0 aliphatic rings. The Morgan fingerprint density at radius 3 is 2.62 bits per heavy atom. The summed E-state index contributed by atoms with van der Waals surface area (Å²) < 4.78 is 5.18. The molecule has 0 aliphatic heterocycles. The minimum Gasteiger partial charge on any atom is -0.497 e. The van der Waals surface area contributed by atoms with Crippen molar-refractivity contribution in [2.24, 2.45) is 0 Å². The van der Waals surface area contributed by atoms with Crippen molar-refractivity contribution in [1.29, 1.82) is 5.26 Å². The zero-order valence-corrected chi connectivity index (χ0v) is 17.0. The van der Waals surface area contributed by atoms with Gasteiger partial charge in [0.1, 0.15) is 22.7 Å². The molecule has 1 N–H and O–H groups in total. The van der Waals surface area contributed by atoms with Crippen molar-refractivity contribution in [2.75, 3.05) is 18.2 Å². The highest BCUT2D eigenvalue weighted by Gasteiger charge is 2.10. The van der Waals surface area contributed by atoms with Gasteiger partial charge in [-0.05, 0) is 55.5 Å². The second-order valence-corrected chi connectivity index (χ2v) is 7.28. The molecule has 1 aromatic carbocycles. The molecule has 0 aliphatic carbocycles. The SMILES string of the molecule is COc1ccc(-c2ccc(C#N)c(SCCC(=O)Nc3cccc(C)n3)n2)cc1. The summed E-state index contributed by atoms with van der Waals surface area (Å²) >= 11 is 1.39. The Kier molecular flexibility index (Phi) is 6.82. The van der Waals surface area contributed by atoms with Gasteiger partial charge in [-0.2, -0.15) is 5.26 Å². The second-order valence-electron chi connectivity index (χ2n) is 6.20. The predicted molar refractivity (Wildman–Crippen MR) is 114 cm³/mol. The van der Waals surface area contributed by atoms with Crippen molar-refractivity contribution in [3.05, 3.63) is 65.9 Å². The van der Waals surface area contributed by atoms with Crippen molar-refractivity contribution >= 4 is 23.5 Å². The lowest BCUT2D eigenvalue weighted by Crippen LogP contribution is -2.13. The molecule has 2 aromatic heterocycles. The van der Waals surface area contributed by atoms with E-state index in [2.05, 4.69) is 21.4 Å². The first-order chi connectivity index (χ1) is 14.1. The third-order valence-electron chi connectivity index (χ3n) is 4.09. The number of aryl methyl sites for hydroxylation is 1. The van der Waals surface area contributed by atoms with E-state index in [9.17, 15) is 10.1 Å². The van der Waals surface area contributed by atoms with E-state index >= 15 is 0 Å². The highest BCUT2D eigenvalue weighted by Crippen LogP contribution is 2.27. The summed E-state index contributed by atoms with van der Waals surface area (Å²) in [5.74, 6) is 1.69. The van der Waals surface area contributed by atoms with Crippen LogP contribution in [0, 0.1) is 18.3 Å². The largest absolute Gasteiger partial charge is 0.497 e. The van der Waals surface area contributed by atoms with Crippen LogP contribution in [0.25, 0.3) is 11.3 Å². The summed E-state index contributed by atoms with van der Waals surface area (Å²) in [5, 5.41) is 12.8. The molecule has 0 saturated carbocycles. The topological polar surface area (TPSA) is 87.9 Å². The van der Waals surface area contributed by atoms with Gasteiger partial charge in [-0.25, -0.2) is 9.97 Å². The number of ether oxygens (including phenoxy) is 1. The standard InChI is InChI=1S/C22H20N4O2S/c1-15-4-3-5-20(24-15)26-21(27)12-13-29-22-17(14-23)8-11-19(25-22)16-6-9-18(28-2)10-7-16/h3-11H,12-13H2,1-2H3,(H,24,26,27). The first-order valence-electron chi connectivity index (χ1n) is 9.01. The first kappa shape index (κ1) is 20.4. The number of thioether (sulfide) groups is 1. The number of anilines is 1. The lowest BCUT2D eigenvalue weighted by atomic mass is 10.1. The average molecular weight is 404 g/mol. The van der Waals surface area contributed by atoms with E-state index in [1.54, 1.807) is 19.2 Å². The molecule has 0 fully saturated rings. The molecule has 0 unspecified atom stereocenters. The number of methoxy groups -OCH3 is 1. The minimum atomic E-state index is -0.125. The molecule has 7 heteroatoms. The predicted octanol–water partition coefficient (Wildman–Crippen LogP) is 4.45. The van der Waals surface area contributed by atoms with Gasteiger partial charge in [-0.15, -0.1) is 11.8 Å². The van der Waals surface area contributed by atoms with E-state index in [4.69, 9.17) is 4.74 Å². The van der Waals surface area contributed by atoms with E-state index in [0.717, 1.165) is 22.7 Å². The molecule has 1 amide bonds. The van der Waals surface area contributed by atoms with E-state index < -0.39 is 0 Å². The van der Waals surface area contributed by atoms with Crippen molar-refractivity contribution in [1.82, 2.24) is 9.97 Å². The number of carbonyl (C=O) groups excluding carboxylic acids is 1. The minimum absolute atomic E-state index is 0.125. The molecule has 0 atom stereocenters. The summed E-state index contributed by atoms with van der Waals surface area (Å²) in [6.07, 6.45) is 0.291. The number of hydrogen-bond acceptors (Lipinski definition) is 6. The maximum absolute atomic E-state index is 12.2. The third-order valence-corrected chi connectivity index (χ3v) is 5.08. The highest BCUT2D eigenvalue weighted by atomic mass is 32.2. The van der Waals surface area contributed by atoms with Crippen LogP contribution in [-0.4, -0.2) is 28.7 Å². The number of aromatic nitrogens is 2.